The molecule has 0 radical (unpaired) electrons. The van der Waals surface area contributed by atoms with Crippen molar-refractivity contribution in [1.29, 1.82) is 0 Å². The molecule has 1 fully saturated rings. The van der Waals surface area contributed by atoms with E-state index in [2.05, 4.69) is 10.6 Å². The summed E-state index contributed by atoms with van der Waals surface area (Å²) in [6.07, 6.45) is -2.32. The zero-order valence-corrected chi connectivity index (χ0v) is 15.3. The maximum Gasteiger partial charge on any atom is 0.346 e. The average Bonchev–Trinajstić information content (AvgIpc) is 3.01. The number of amides is 1. The highest BCUT2D eigenvalue weighted by Crippen LogP contribution is 2.13. The molecule has 8 nitrogen and oxygen atoms in total. The molecule has 0 aliphatic carbocycles. The van der Waals surface area contributed by atoms with Crippen LogP contribution in [0.1, 0.15) is 11.1 Å². The Morgan fingerprint density at radius 2 is 1.71 bits per heavy atom. The van der Waals surface area contributed by atoms with Gasteiger partial charge in [0.15, 0.2) is 0 Å². The van der Waals surface area contributed by atoms with E-state index in [0.29, 0.717) is 13.0 Å². The quantitative estimate of drug-likeness (QED) is 0.414. The summed E-state index contributed by atoms with van der Waals surface area (Å²) in [5, 5.41) is 41.9. The van der Waals surface area contributed by atoms with Crippen molar-refractivity contribution in [1.82, 2.24) is 10.6 Å². The summed E-state index contributed by atoms with van der Waals surface area (Å²) in [4.78, 5) is 10.2. The van der Waals surface area contributed by atoms with Crippen LogP contribution in [-0.4, -0.2) is 52.8 Å². The molecule has 0 saturated carbocycles. The van der Waals surface area contributed by atoms with E-state index in [4.69, 9.17) is 20.1 Å². The minimum absolute atomic E-state index is 0.0487. The van der Waals surface area contributed by atoms with E-state index in [1.807, 2.05) is 60.7 Å². The summed E-state index contributed by atoms with van der Waals surface area (Å²) in [5.41, 5.74) is 2.12. The maximum absolute atomic E-state index is 10.2. The van der Waals surface area contributed by atoms with Gasteiger partial charge in [-0.25, -0.2) is 5.32 Å². The van der Waals surface area contributed by atoms with Gasteiger partial charge in [0.05, 0.1) is 19.3 Å². The number of carbonyl (C=O) groups is 1. The minimum Gasteiger partial charge on any atom is -0.530 e. The van der Waals surface area contributed by atoms with E-state index in [1.165, 1.54) is 0 Å². The number of aliphatic hydroxyl groups is 3. The molecule has 5 N–H and O–H groups in total. The van der Waals surface area contributed by atoms with Gasteiger partial charge in [0, 0.05) is 6.04 Å². The number of carbonyl (C=O) groups excluding carboxylic acids is 1. The molecule has 1 aliphatic heterocycles. The monoisotopic (exact) mass is 389 g/mol. The normalized spacial score (nSPS) is 18.6. The number of rotatable bonds is 6. The summed E-state index contributed by atoms with van der Waals surface area (Å²) >= 11 is 0. The van der Waals surface area contributed by atoms with Crippen molar-refractivity contribution in [2.45, 2.75) is 31.0 Å². The van der Waals surface area contributed by atoms with Crippen LogP contribution in [0, 0.1) is 0 Å². The zero-order valence-electron chi connectivity index (χ0n) is 15.3. The van der Waals surface area contributed by atoms with Crippen molar-refractivity contribution in [3.63, 3.8) is 0 Å². The molecule has 3 rings (SSSR count). The first-order chi connectivity index (χ1) is 13.4. The smallest absolute Gasteiger partial charge is 0.346 e. The highest BCUT2D eigenvalue weighted by molar-refractivity contribution is 5.62. The van der Waals surface area contributed by atoms with Crippen LogP contribution in [0.2, 0.25) is 0 Å². The van der Waals surface area contributed by atoms with Crippen molar-refractivity contribution in [2.75, 3.05) is 13.2 Å². The number of carboxylic acid groups (broad SMARTS) is 1. The number of hydrogen-bond acceptors (Lipinski definition) is 7. The molecule has 2 aromatic carbocycles. The van der Waals surface area contributed by atoms with Crippen molar-refractivity contribution < 1.29 is 30.0 Å². The van der Waals surface area contributed by atoms with E-state index in [0.717, 1.165) is 17.5 Å². The van der Waals surface area contributed by atoms with Gasteiger partial charge in [-0.15, -0.1) is 0 Å². The number of aliphatic hydroxyl groups excluding tert-OH is 1. The van der Waals surface area contributed by atoms with Crippen LogP contribution in [0.3, 0.4) is 0 Å². The molecular formula is C20H25N2O6-. The van der Waals surface area contributed by atoms with Crippen LogP contribution in [0.15, 0.2) is 60.7 Å². The minimum atomic E-state index is -2.15. The molecule has 152 valence electrons. The lowest BCUT2D eigenvalue weighted by atomic mass is 10.1. The molecule has 2 atom stereocenters. The highest BCUT2D eigenvalue weighted by Gasteiger charge is 2.35. The lowest BCUT2D eigenvalue weighted by Gasteiger charge is -2.17. The third-order valence-electron chi connectivity index (χ3n) is 4.07. The Morgan fingerprint density at radius 1 is 1.14 bits per heavy atom. The van der Waals surface area contributed by atoms with E-state index < -0.39 is 18.2 Å². The standard InChI is InChI=1S/2C10H13NO3/c12-10(13)11-9(7-14-10)6-8-4-2-1-3-5-8;12-7-9(11-10(13)14)6-8-4-2-1-3-5-8/h1-5,9,11-13H,6-7H2;1-5,9,11-12H,6-7H2,(H,13,14)/p-1. The summed E-state index contributed by atoms with van der Waals surface area (Å²) in [7, 11) is 0. The topological polar surface area (TPSA) is 134 Å². The summed E-state index contributed by atoms with van der Waals surface area (Å²) in [5.74, 6) is 0. The molecule has 0 spiro atoms. The SMILES string of the molecule is O=C([O-])NC(CO)Cc1ccccc1.OC1(O)NC(Cc2ccccc2)CO1. The van der Waals surface area contributed by atoms with Crippen molar-refractivity contribution in [3.8, 4) is 0 Å². The molecule has 2 unspecified atom stereocenters. The average molecular weight is 389 g/mol. The Hall–Kier alpha value is -2.49. The van der Waals surface area contributed by atoms with Gasteiger partial charge >= 0.3 is 6.10 Å². The van der Waals surface area contributed by atoms with Crippen LogP contribution in [0.4, 0.5) is 4.79 Å². The van der Waals surface area contributed by atoms with Crippen molar-refractivity contribution >= 4 is 6.09 Å². The summed E-state index contributed by atoms with van der Waals surface area (Å²) < 4.78 is 4.73. The molecule has 1 heterocycles. The van der Waals surface area contributed by atoms with E-state index in [1.54, 1.807) is 0 Å². The van der Waals surface area contributed by atoms with Crippen LogP contribution in [0.25, 0.3) is 0 Å². The Morgan fingerprint density at radius 3 is 2.18 bits per heavy atom. The predicted octanol–water partition coefficient (Wildman–Crippen LogP) is -0.664. The second-order valence-electron chi connectivity index (χ2n) is 6.45. The number of ether oxygens (including phenoxy) is 1. The van der Waals surface area contributed by atoms with E-state index >= 15 is 0 Å². The van der Waals surface area contributed by atoms with E-state index in [-0.39, 0.29) is 12.6 Å². The third kappa shape index (κ3) is 8.03. The largest absolute Gasteiger partial charge is 0.530 e. The molecule has 1 saturated heterocycles. The summed E-state index contributed by atoms with van der Waals surface area (Å²) in [6.45, 7) is 0.0742. The molecular weight excluding hydrogens is 364 g/mol. The van der Waals surface area contributed by atoms with Gasteiger partial charge in [-0.2, -0.15) is 0 Å². The fourth-order valence-electron chi connectivity index (χ4n) is 2.80. The van der Waals surface area contributed by atoms with Crippen molar-refractivity contribution in [2.24, 2.45) is 0 Å². The first-order valence-corrected chi connectivity index (χ1v) is 8.90. The maximum atomic E-state index is 10.2. The molecule has 1 amide bonds. The van der Waals surface area contributed by atoms with Gasteiger partial charge in [-0.1, -0.05) is 60.7 Å². The van der Waals surface area contributed by atoms with E-state index in [9.17, 15) is 9.90 Å². The second kappa shape index (κ2) is 10.7. The molecule has 8 heteroatoms. The fourth-order valence-corrected chi connectivity index (χ4v) is 2.80. The highest BCUT2D eigenvalue weighted by atomic mass is 16.8. The fraction of sp³-hybridized carbons (Fsp3) is 0.350. The predicted molar refractivity (Wildman–Crippen MR) is 99.7 cm³/mol. The third-order valence-corrected chi connectivity index (χ3v) is 4.07. The Bertz CT molecular complexity index is 711. The second-order valence-corrected chi connectivity index (χ2v) is 6.45. The Labute approximate surface area is 163 Å². The Kier molecular flexibility index (Phi) is 8.37. The lowest BCUT2D eigenvalue weighted by molar-refractivity contribution is -0.327. The zero-order chi connectivity index (χ0) is 20.4. The van der Waals surface area contributed by atoms with Gasteiger partial charge in [0.1, 0.15) is 6.09 Å². The van der Waals surface area contributed by atoms with Crippen LogP contribution < -0.4 is 15.7 Å². The van der Waals surface area contributed by atoms with Gasteiger partial charge < -0.3 is 35.3 Å². The first kappa shape index (κ1) is 21.8. The molecule has 0 aromatic heterocycles. The van der Waals surface area contributed by atoms with Gasteiger partial charge in [-0.3, -0.25) is 0 Å². The molecule has 1 aliphatic rings. The molecule has 28 heavy (non-hydrogen) atoms. The van der Waals surface area contributed by atoms with Crippen LogP contribution >= 0.6 is 0 Å². The lowest BCUT2D eigenvalue weighted by Crippen LogP contribution is -2.45. The van der Waals surface area contributed by atoms with Gasteiger partial charge in [0.2, 0.25) is 0 Å². The van der Waals surface area contributed by atoms with Crippen LogP contribution in [-0.2, 0) is 17.6 Å². The number of benzene rings is 2. The molecule has 2 aromatic rings. The van der Waals surface area contributed by atoms with Crippen LogP contribution in [0.5, 0.6) is 0 Å². The first-order valence-electron chi connectivity index (χ1n) is 8.90. The van der Waals surface area contributed by atoms with Gasteiger partial charge in [-0.05, 0) is 24.0 Å². The molecule has 0 bridgehead atoms. The Balaban J connectivity index is 0.000000200. The summed E-state index contributed by atoms with van der Waals surface area (Å²) in [6, 6.07) is 18.7. The van der Waals surface area contributed by atoms with Gasteiger partial charge in [0.25, 0.3) is 0 Å². The van der Waals surface area contributed by atoms with Crippen molar-refractivity contribution in [3.05, 3.63) is 71.8 Å². The number of hydrogen-bond donors (Lipinski definition) is 5. The number of nitrogens with one attached hydrogen (secondary N) is 2.